The van der Waals surface area contributed by atoms with Crippen LogP contribution in [0.2, 0.25) is 0 Å². The van der Waals surface area contributed by atoms with Gasteiger partial charge in [0, 0.05) is 24.0 Å². The first-order chi connectivity index (χ1) is 9.88. The summed E-state index contributed by atoms with van der Waals surface area (Å²) in [5, 5.41) is 3.28. The van der Waals surface area contributed by atoms with Crippen molar-refractivity contribution in [2.24, 2.45) is 27.9 Å². The van der Waals surface area contributed by atoms with Gasteiger partial charge in [0.2, 0.25) is 0 Å². The van der Waals surface area contributed by atoms with Crippen molar-refractivity contribution in [3.63, 3.8) is 0 Å². The lowest BCUT2D eigenvalue weighted by Gasteiger charge is -2.66. The summed E-state index contributed by atoms with van der Waals surface area (Å²) >= 11 is 1.75. The van der Waals surface area contributed by atoms with Gasteiger partial charge in [-0.15, -0.1) is 11.3 Å². The lowest BCUT2D eigenvalue weighted by atomic mass is 9.39. The lowest BCUT2D eigenvalue weighted by Crippen LogP contribution is -2.56. The standard InChI is InChI=1S/C18H28N2S/c1-16-6-13-7-17(2,10-16)12-18(8-13,11-16)9-14(19)5-15-20-3-4-21-15/h3-4,13-14H,5-12,19H2,1-2H3. The number of rotatable bonds is 4. The summed E-state index contributed by atoms with van der Waals surface area (Å²) in [5.74, 6) is 0.975. The average molecular weight is 305 g/mol. The third kappa shape index (κ3) is 2.57. The third-order valence-electron chi connectivity index (χ3n) is 6.36. The molecule has 4 aliphatic carbocycles. The molecule has 4 aliphatic rings. The first-order valence-electron chi connectivity index (χ1n) is 8.52. The Labute approximate surface area is 132 Å². The largest absolute Gasteiger partial charge is 0.327 e. The van der Waals surface area contributed by atoms with E-state index in [0.29, 0.717) is 22.3 Å². The first-order valence-corrected chi connectivity index (χ1v) is 9.40. The monoisotopic (exact) mass is 304 g/mol. The van der Waals surface area contributed by atoms with Gasteiger partial charge in [-0.25, -0.2) is 4.98 Å². The van der Waals surface area contributed by atoms with E-state index >= 15 is 0 Å². The predicted octanol–water partition coefficient (Wildman–Crippen LogP) is 4.40. The molecule has 2 N–H and O–H groups in total. The molecule has 0 aromatic carbocycles. The van der Waals surface area contributed by atoms with E-state index in [2.05, 4.69) is 24.2 Å². The molecule has 0 aliphatic heterocycles. The van der Waals surface area contributed by atoms with Crippen LogP contribution in [0.5, 0.6) is 0 Å². The minimum absolute atomic E-state index is 0.291. The number of nitrogens with zero attached hydrogens (tertiary/aromatic N) is 1. The lowest BCUT2D eigenvalue weighted by molar-refractivity contribution is -0.149. The highest BCUT2D eigenvalue weighted by Crippen LogP contribution is 2.70. The molecular formula is C18H28N2S. The second-order valence-corrected chi connectivity index (χ2v) is 10.2. The number of nitrogens with two attached hydrogens (primary N) is 1. The van der Waals surface area contributed by atoms with Crippen LogP contribution in [-0.4, -0.2) is 11.0 Å². The molecule has 1 aromatic rings. The van der Waals surface area contributed by atoms with Gasteiger partial charge in [-0.05, 0) is 67.1 Å². The number of hydrogen-bond acceptors (Lipinski definition) is 3. The fraction of sp³-hybridized carbons (Fsp3) is 0.833. The molecule has 5 rings (SSSR count). The van der Waals surface area contributed by atoms with Crippen molar-refractivity contribution in [2.75, 3.05) is 0 Å². The molecule has 0 amide bonds. The Bertz CT molecular complexity index is 505. The topological polar surface area (TPSA) is 38.9 Å². The molecular weight excluding hydrogens is 276 g/mol. The summed E-state index contributed by atoms with van der Waals surface area (Å²) in [6.07, 6.45) is 12.8. The van der Waals surface area contributed by atoms with Crippen LogP contribution in [-0.2, 0) is 6.42 Å². The molecule has 0 radical (unpaired) electrons. The minimum atomic E-state index is 0.291. The molecule has 4 fully saturated rings. The van der Waals surface area contributed by atoms with E-state index in [4.69, 9.17) is 5.73 Å². The summed E-state index contributed by atoms with van der Waals surface area (Å²) in [6, 6.07) is 0.291. The predicted molar refractivity (Wildman–Crippen MR) is 88.2 cm³/mol. The molecule has 1 aromatic heterocycles. The van der Waals surface area contributed by atoms with Crippen LogP contribution in [0.4, 0.5) is 0 Å². The van der Waals surface area contributed by atoms with Crippen molar-refractivity contribution in [1.29, 1.82) is 0 Å². The highest BCUT2D eigenvalue weighted by Gasteiger charge is 2.59. The average Bonchev–Trinajstić information content (AvgIpc) is 2.74. The molecule has 3 atom stereocenters. The molecule has 3 heteroatoms. The van der Waals surface area contributed by atoms with Gasteiger partial charge < -0.3 is 5.73 Å². The van der Waals surface area contributed by atoms with Crippen molar-refractivity contribution >= 4 is 11.3 Å². The second kappa shape index (κ2) is 4.55. The third-order valence-corrected chi connectivity index (χ3v) is 7.16. The maximum Gasteiger partial charge on any atom is 0.0940 e. The molecule has 21 heavy (non-hydrogen) atoms. The minimum Gasteiger partial charge on any atom is -0.327 e. The van der Waals surface area contributed by atoms with Gasteiger partial charge in [-0.2, -0.15) is 0 Å². The smallest absolute Gasteiger partial charge is 0.0940 e. The highest BCUT2D eigenvalue weighted by atomic mass is 32.1. The quantitative estimate of drug-likeness (QED) is 0.895. The Balaban J connectivity index is 1.51. The maximum atomic E-state index is 6.54. The molecule has 116 valence electrons. The molecule has 4 bridgehead atoms. The summed E-state index contributed by atoms with van der Waals surface area (Å²) in [4.78, 5) is 4.42. The SMILES string of the molecule is CC12CC3CC(C)(C1)CC(CC(N)Cc1nccs1)(C3)C2. The summed E-state index contributed by atoms with van der Waals surface area (Å²) < 4.78 is 0. The molecule has 3 unspecified atom stereocenters. The van der Waals surface area contributed by atoms with Crippen LogP contribution in [0.1, 0.15) is 63.8 Å². The van der Waals surface area contributed by atoms with Crippen molar-refractivity contribution in [2.45, 2.75) is 71.3 Å². The molecule has 0 saturated heterocycles. The Kier molecular flexibility index (Phi) is 3.07. The zero-order valence-electron chi connectivity index (χ0n) is 13.4. The molecule has 0 spiro atoms. The van der Waals surface area contributed by atoms with E-state index in [1.165, 1.54) is 50.0 Å². The Hall–Kier alpha value is -0.410. The number of hydrogen-bond donors (Lipinski definition) is 1. The van der Waals surface area contributed by atoms with Crippen LogP contribution in [0, 0.1) is 22.2 Å². The van der Waals surface area contributed by atoms with Gasteiger partial charge in [-0.3, -0.25) is 0 Å². The zero-order valence-corrected chi connectivity index (χ0v) is 14.2. The van der Waals surface area contributed by atoms with Crippen LogP contribution in [0.3, 0.4) is 0 Å². The van der Waals surface area contributed by atoms with E-state index in [0.717, 1.165) is 12.3 Å². The second-order valence-electron chi connectivity index (χ2n) is 9.22. The van der Waals surface area contributed by atoms with Gasteiger partial charge in [-0.1, -0.05) is 13.8 Å². The van der Waals surface area contributed by atoms with Crippen LogP contribution >= 0.6 is 11.3 Å². The van der Waals surface area contributed by atoms with Gasteiger partial charge in [0.25, 0.3) is 0 Å². The van der Waals surface area contributed by atoms with E-state index < -0.39 is 0 Å². The number of aromatic nitrogens is 1. The van der Waals surface area contributed by atoms with Gasteiger partial charge in [0.1, 0.15) is 0 Å². The first kappa shape index (κ1) is 14.2. The van der Waals surface area contributed by atoms with Crippen molar-refractivity contribution in [1.82, 2.24) is 4.98 Å². The summed E-state index contributed by atoms with van der Waals surface area (Å²) in [7, 11) is 0. The van der Waals surface area contributed by atoms with Crippen molar-refractivity contribution in [3.05, 3.63) is 16.6 Å². The summed E-state index contributed by atoms with van der Waals surface area (Å²) in [6.45, 7) is 5.10. The van der Waals surface area contributed by atoms with Crippen molar-refractivity contribution < 1.29 is 0 Å². The maximum absolute atomic E-state index is 6.54. The van der Waals surface area contributed by atoms with E-state index in [1.54, 1.807) is 11.3 Å². The molecule has 1 heterocycles. The van der Waals surface area contributed by atoms with Crippen LogP contribution < -0.4 is 5.73 Å². The Morgan fingerprint density at radius 1 is 1.24 bits per heavy atom. The van der Waals surface area contributed by atoms with E-state index in [1.807, 2.05) is 6.20 Å². The Morgan fingerprint density at radius 2 is 1.95 bits per heavy atom. The fourth-order valence-corrected chi connectivity index (χ4v) is 7.83. The molecule has 2 nitrogen and oxygen atoms in total. The van der Waals surface area contributed by atoms with Crippen LogP contribution in [0.15, 0.2) is 11.6 Å². The van der Waals surface area contributed by atoms with E-state index in [-0.39, 0.29) is 0 Å². The van der Waals surface area contributed by atoms with Gasteiger partial charge >= 0.3 is 0 Å². The van der Waals surface area contributed by atoms with Crippen molar-refractivity contribution in [3.8, 4) is 0 Å². The zero-order chi connectivity index (χ0) is 14.7. The van der Waals surface area contributed by atoms with Crippen LogP contribution in [0.25, 0.3) is 0 Å². The molecule has 4 saturated carbocycles. The van der Waals surface area contributed by atoms with Gasteiger partial charge in [0.15, 0.2) is 0 Å². The highest BCUT2D eigenvalue weighted by molar-refractivity contribution is 7.09. The van der Waals surface area contributed by atoms with Gasteiger partial charge in [0.05, 0.1) is 5.01 Å². The summed E-state index contributed by atoms with van der Waals surface area (Å²) in [5.41, 5.74) is 8.29. The Morgan fingerprint density at radius 3 is 2.52 bits per heavy atom. The van der Waals surface area contributed by atoms with E-state index in [9.17, 15) is 0 Å². The number of thiazole rings is 1. The fourth-order valence-electron chi connectivity index (χ4n) is 7.12. The normalized spacial score (nSPS) is 46.0.